The molecule has 98 valence electrons. The highest BCUT2D eigenvalue weighted by atomic mass is 16.1. The molecule has 0 bridgehead atoms. The van der Waals surface area contributed by atoms with Crippen LogP contribution in [0.4, 0.5) is 0 Å². The highest BCUT2D eigenvalue weighted by Crippen LogP contribution is 2.60. The third kappa shape index (κ3) is 3.98. The molecule has 0 aliphatic heterocycles. The molecule has 2 N–H and O–H groups in total. The molecule has 0 heterocycles. The first-order valence-corrected chi connectivity index (χ1v) is 7.10. The summed E-state index contributed by atoms with van der Waals surface area (Å²) in [5.74, 6) is 1.78. The molecule has 2 fully saturated rings. The van der Waals surface area contributed by atoms with Gasteiger partial charge in [-0.15, -0.1) is 0 Å². The predicted molar refractivity (Wildman–Crippen MR) is 69.7 cm³/mol. The summed E-state index contributed by atoms with van der Waals surface area (Å²) in [7, 11) is 0. The van der Waals surface area contributed by atoms with Crippen molar-refractivity contribution in [2.75, 3.05) is 19.6 Å². The van der Waals surface area contributed by atoms with Crippen LogP contribution in [-0.2, 0) is 4.79 Å². The van der Waals surface area contributed by atoms with Gasteiger partial charge in [-0.1, -0.05) is 13.8 Å². The van der Waals surface area contributed by atoms with E-state index in [0.29, 0.717) is 17.9 Å². The van der Waals surface area contributed by atoms with Gasteiger partial charge in [-0.3, -0.25) is 4.79 Å². The topological polar surface area (TPSA) is 41.1 Å². The second-order valence-corrected chi connectivity index (χ2v) is 6.27. The van der Waals surface area contributed by atoms with Crippen LogP contribution in [0.3, 0.4) is 0 Å². The SMILES string of the molecule is CC(C)CCNC(=O)CNCC1(C2CC2)CC1. The number of hydrogen-bond donors (Lipinski definition) is 2. The first-order valence-electron chi connectivity index (χ1n) is 7.10. The Morgan fingerprint density at radius 2 is 2.06 bits per heavy atom. The molecule has 17 heavy (non-hydrogen) atoms. The van der Waals surface area contributed by atoms with Crippen molar-refractivity contribution in [3.05, 3.63) is 0 Å². The number of amides is 1. The van der Waals surface area contributed by atoms with Crippen LogP contribution < -0.4 is 10.6 Å². The number of nitrogens with one attached hydrogen (secondary N) is 2. The van der Waals surface area contributed by atoms with E-state index in [0.717, 1.165) is 25.4 Å². The minimum atomic E-state index is 0.150. The first kappa shape index (κ1) is 12.9. The normalized spacial score (nSPS) is 21.6. The lowest BCUT2D eigenvalue weighted by Crippen LogP contribution is -2.37. The molecular formula is C14H26N2O. The van der Waals surface area contributed by atoms with Crippen LogP contribution in [0.2, 0.25) is 0 Å². The summed E-state index contributed by atoms with van der Waals surface area (Å²) in [6.07, 6.45) is 6.65. The number of hydrogen-bond acceptors (Lipinski definition) is 2. The van der Waals surface area contributed by atoms with Gasteiger partial charge in [-0.25, -0.2) is 0 Å². The van der Waals surface area contributed by atoms with E-state index >= 15 is 0 Å². The third-order valence-corrected chi connectivity index (χ3v) is 4.14. The van der Waals surface area contributed by atoms with Crippen molar-refractivity contribution >= 4 is 5.91 Å². The summed E-state index contributed by atoms with van der Waals surface area (Å²) >= 11 is 0. The lowest BCUT2D eigenvalue weighted by molar-refractivity contribution is -0.120. The fraction of sp³-hybridized carbons (Fsp3) is 0.929. The maximum Gasteiger partial charge on any atom is 0.233 e. The monoisotopic (exact) mass is 238 g/mol. The predicted octanol–water partition coefficient (Wildman–Crippen LogP) is 1.93. The Balaban J connectivity index is 1.51. The molecular weight excluding hydrogens is 212 g/mol. The van der Waals surface area contributed by atoms with Gasteiger partial charge in [0.25, 0.3) is 0 Å². The minimum absolute atomic E-state index is 0.150. The van der Waals surface area contributed by atoms with Crippen molar-refractivity contribution in [3.8, 4) is 0 Å². The summed E-state index contributed by atoms with van der Waals surface area (Å²) in [6.45, 7) is 6.71. The van der Waals surface area contributed by atoms with E-state index in [1.165, 1.54) is 25.7 Å². The van der Waals surface area contributed by atoms with Gasteiger partial charge in [0.15, 0.2) is 0 Å². The zero-order chi connectivity index (χ0) is 12.3. The Morgan fingerprint density at radius 1 is 1.35 bits per heavy atom. The maximum absolute atomic E-state index is 11.5. The molecule has 0 radical (unpaired) electrons. The maximum atomic E-state index is 11.5. The van der Waals surface area contributed by atoms with Crippen molar-refractivity contribution in [2.24, 2.45) is 17.3 Å². The van der Waals surface area contributed by atoms with E-state index in [1.807, 2.05) is 0 Å². The van der Waals surface area contributed by atoms with Crippen LogP contribution in [-0.4, -0.2) is 25.5 Å². The second-order valence-electron chi connectivity index (χ2n) is 6.27. The van der Waals surface area contributed by atoms with Gasteiger partial charge < -0.3 is 10.6 Å². The van der Waals surface area contributed by atoms with Crippen molar-refractivity contribution in [3.63, 3.8) is 0 Å². The lowest BCUT2D eigenvalue weighted by Gasteiger charge is -2.15. The Labute approximate surface area is 105 Å². The molecule has 3 heteroatoms. The molecule has 0 unspecified atom stereocenters. The van der Waals surface area contributed by atoms with Gasteiger partial charge in [0.1, 0.15) is 0 Å². The van der Waals surface area contributed by atoms with Crippen molar-refractivity contribution in [1.82, 2.24) is 10.6 Å². The zero-order valence-corrected chi connectivity index (χ0v) is 11.2. The van der Waals surface area contributed by atoms with Crippen LogP contribution in [0.25, 0.3) is 0 Å². The Morgan fingerprint density at radius 3 is 2.59 bits per heavy atom. The van der Waals surface area contributed by atoms with Crippen LogP contribution in [0.1, 0.15) is 46.0 Å². The third-order valence-electron chi connectivity index (χ3n) is 4.14. The van der Waals surface area contributed by atoms with Gasteiger partial charge in [0.2, 0.25) is 5.91 Å². The van der Waals surface area contributed by atoms with Gasteiger partial charge in [0, 0.05) is 13.1 Å². The zero-order valence-electron chi connectivity index (χ0n) is 11.2. The fourth-order valence-corrected chi connectivity index (χ4v) is 2.57. The number of carbonyl (C=O) groups excluding carboxylic acids is 1. The van der Waals surface area contributed by atoms with Crippen LogP contribution >= 0.6 is 0 Å². The van der Waals surface area contributed by atoms with E-state index in [2.05, 4.69) is 24.5 Å². The molecule has 0 aromatic carbocycles. The van der Waals surface area contributed by atoms with Crippen molar-refractivity contribution in [2.45, 2.75) is 46.0 Å². The first-order chi connectivity index (χ1) is 8.12. The van der Waals surface area contributed by atoms with Crippen LogP contribution in [0, 0.1) is 17.3 Å². The Bertz CT molecular complexity index is 267. The number of carbonyl (C=O) groups is 1. The summed E-state index contributed by atoms with van der Waals surface area (Å²) in [6, 6.07) is 0. The Kier molecular flexibility index (Phi) is 4.08. The molecule has 0 aromatic heterocycles. The molecule has 0 atom stereocenters. The Hall–Kier alpha value is -0.570. The molecule has 0 aromatic rings. The highest BCUT2D eigenvalue weighted by Gasteiger charge is 2.53. The van der Waals surface area contributed by atoms with E-state index in [4.69, 9.17) is 0 Å². The standard InChI is InChI=1S/C14H26N2O/c1-11(2)5-8-16-13(17)9-15-10-14(6-7-14)12-3-4-12/h11-12,15H,3-10H2,1-2H3,(H,16,17). The molecule has 2 aliphatic carbocycles. The summed E-state index contributed by atoms with van der Waals surface area (Å²) in [5, 5.41) is 6.30. The summed E-state index contributed by atoms with van der Waals surface area (Å²) < 4.78 is 0. The van der Waals surface area contributed by atoms with Gasteiger partial charge >= 0.3 is 0 Å². The molecule has 0 saturated heterocycles. The van der Waals surface area contributed by atoms with Crippen LogP contribution in [0.5, 0.6) is 0 Å². The summed E-state index contributed by atoms with van der Waals surface area (Å²) in [5.41, 5.74) is 0.595. The van der Waals surface area contributed by atoms with Crippen LogP contribution in [0.15, 0.2) is 0 Å². The molecule has 0 spiro atoms. The minimum Gasteiger partial charge on any atom is -0.355 e. The average Bonchev–Trinajstić information content (AvgIpc) is 3.12. The quantitative estimate of drug-likeness (QED) is 0.678. The van der Waals surface area contributed by atoms with E-state index in [9.17, 15) is 4.79 Å². The van der Waals surface area contributed by atoms with Gasteiger partial charge in [-0.05, 0) is 49.4 Å². The lowest BCUT2D eigenvalue weighted by atomic mass is 10.0. The molecule has 1 amide bonds. The molecule has 2 rings (SSSR count). The van der Waals surface area contributed by atoms with Gasteiger partial charge in [0.05, 0.1) is 6.54 Å². The van der Waals surface area contributed by atoms with E-state index < -0.39 is 0 Å². The highest BCUT2D eigenvalue weighted by molar-refractivity contribution is 5.77. The van der Waals surface area contributed by atoms with E-state index in [1.54, 1.807) is 0 Å². The van der Waals surface area contributed by atoms with E-state index in [-0.39, 0.29) is 5.91 Å². The van der Waals surface area contributed by atoms with Crippen molar-refractivity contribution < 1.29 is 4.79 Å². The summed E-state index contributed by atoms with van der Waals surface area (Å²) in [4.78, 5) is 11.5. The molecule has 2 aliphatic rings. The molecule has 2 saturated carbocycles. The largest absolute Gasteiger partial charge is 0.355 e. The number of rotatable bonds is 8. The average molecular weight is 238 g/mol. The van der Waals surface area contributed by atoms with Gasteiger partial charge in [-0.2, -0.15) is 0 Å². The molecule has 3 nitrogen and oxygen atoms in total. The fourth-order valence-electron chi connectivity index (χ4n) is 2.57. The smallest absolute Gasteiger partial charge is 0.233 e. The second kappa shape index (κ2) is 5.38. The van der Waals surface area contributed by atoms with Crippen molar-refractivity contribution in [1.29, 1.82) is 0 Å².